The minimum absolute atomic E-state index is 0.495. The smallest absolute Gasteiger partial charge is 0.125 e. The molecule has 0 amide bonds. The number of rotatable bonds is 4. The number of aromatic nitrogens is 1. The Morgan fingerprint density at radius 1 is 1.60 bits per heavy atom. The molecule has 15 heavy (non-hydrogen) atoms. The number of pyridine rings is 1. The Kier molecular flexibility index (Phi) is 4.16. The van der Waals surface area contributed by atoms with E-state index < -0.39 is 0 Å². The van der Waals surface area contributed by atoms with Gasteiger partial charge in [-0.05, 0) is 25.1 Å². The SMILES string of the molecule is C=C/C(=C\C=C/C)Nc1ccnc(N)c1. The van der Waals surface area contributed by atoms with Crippen LogP contribution in [-0.4, -0.2) is 4.98 Å². The Morgan fingerprint density at radius 2 is 2.40 bits per heavy atom. The van der Waals surface area contributed by atoms with Crippen molar-refractivity contribution in [3.05, 3.63) is 54.9 Å². The zero-order valence-corrected chi connectivity index (χ0v) is 8.77. The first-order valence-electron chi connectivity index (χ1n) is 4.70. The van der Waals surface area contributed by atoms with Crippen LogP contribution in [0, 0.1) is 0 Å². The summed E-state index contributed by atoms with van der Waals surface area (Å²) in [7, 11) is 0. The van der Waals surface area contributed by atoms with E-state index in [4.69, 9.17) is 5.73 Å². The van der Waals surface area contributed by atoms with Gasteiger partial charge in [-0.1, -0.05) is 18.7 Å². The summed E-state index contributed by atoms with van der Waals surface area (Å²) in [4.78, 5) is 3.91. The molecule has 0 fully saturated rings. The summed E-state index contributed by atoms with van der Waals surface area (Å²) < 4.78 is 0. The number of nitrogen functional groups attached to an aromatic ring is 1. The van der Waals surface area contributed by atoms with Crippen LogP contribution in [0.15, 0.2) is 54.9 Å². The lowest BCUT2D eigenvalue weighted by atomic mass is 10.3. The number of nitrogens with one attached hydrogen (secondary N) is 1. The highest BCUT2D eigenvalue weighted by molar-refractivity contribution is 5.55. The second-order valence-corrected chi connectivity index (χ2v) is 2.95. The quantitative estimate of drug-likeness (QED) is 0.736. The highest BCUT2D eigenvalue weighted by Crippen LogP contribution is 2.12. The van der Waals surface area contributed by atoms with Crippen molar-refractivity contribution in [1.82, 2.24) is 4.98 Å². The number of allylic oxidation sites excluding steroid dienone is 4. The largest absolute Gasteiger partial charge is 0.384 e. The second-order valence-electron chi connectivity index (χ2n) is 2.95. The van der Waals surface area contributed by atoms with E-state index in [0.29, 0.717) is 5.82 Å². The second kappa shape index (κ2) is 5.65. The molecule has 0 spiro atoms. The predicted octanol–water partition coefficient (Wildman–Crippen LogP) is 2.72. The molecule has 0 radical (unpaired) electrons. The number of hydrogen-bond acceptors (Lipinski definition) is 3. The van der Waals surface area contributed by atoms with Crippen molar-refractivity contribution in [2.45, 2.75) is 6.92 Å². The van der Waals surface area contributed by atoms with Crippen molar-refractivity contribution >= 4 is 11.5 Å². The molecular formula is C12H15N3. The molecule has 3 heteroatoms. The van der Waals surface area contributed by atoms with Crippen LogP contribution in [0.4, 0.5) is 11.5 Å². The van der Waals surface area contributed by atoms with Crippen LogP contribution in [0.25, 0.3) is 0 Å². The van der Waals surface area contributed by atoms with Gasteiger partial charge in [0.1, 0.15) is 5.82 Å². The van der Waals surface area contributed by atoms with Crippen LogP contribution in [0.1, 0.15) is 6.92 Å². The van der Waals surface area contributed by atoms with Gasteiger partial charge in [0.25, 0.3) is 0 Å². The summed E-state index contributed by atoms with van der Waals surface area (Å²) in [6, 6.07) is 3.62. The van der Waals surface area contributed by atoms with Crippen molar-refractivity contribution in [2.24, 2.45) is 0 Å². The maximum atomic E-state index is 5.57. The molecular weight excluding hydrogens is 186 g/mol. The molecule has 1 rings (SSSR count). The number of anilines is 2. The summed E-state index contributed by atoms with van der Waals surface area (Å²) in [6.45, 7) is 5.68. The van der Waals surface area contributed by atoms with E-state index >= 15 is 0 Å². The molecule has 3 N–H and O–H groups in total. The average molecular weight is 201 g/mol. The monoisotopic (exact) mass is 201 g/mol. The van der Waals surface area contributed by atoms with Crippen LogP contribution < -0.4 is 11.1 Å². The Labute approximate surface area is 90.0 Å². The predicted molar refractivity (Wildman–Crippen MR) is 65.4 cm³/mol. The molecule has 0 unspecified atom stereocenters. The summed E-state index contributed by atoms with van der Waals surface area (Å²) in [5.74, 6) is 0.495. The fourth-order valence-electron chi connectivity index (χ4n) is 1.05. The minimum atomic E-state index is 0.495. The molecule has 1 aromatic rings. The van der Waals surface area contributed by atoms with Gasteiger partial charge in [0.05, 0.1) is 0 Å². The number of nitrogens with zero attached hydrogens (tertiary/aromatic N) is 1. The fourth-order valence-corrected chi connectivity index (χ4v) is 1.05. The fraction of sp³-hybridized carbons (Fsp3) is 0.0833. The van der Waals surface area contributed by atoms with Crippen molar-refractivity contribution < 1.29 is 0 Å². The van der Waals surface area contributed by atoms with Crippen molar-refractivity contribution in [3.63, 3.8) is 0 Å². The lowest BCUT2D eigenvalue weighted by molar-refractivity contribution is 1.32. The molecule has 3 nitrogen and oxygen atoms in total. The summed E-state index contributed by atoms with van der Waals surface area (Å²) in [5, 5.41) is 3.18. The van der Waals surface area contributed by atoms with E-state index in [9.17, 15) is 0 Å². The number of hydrogen-bond donors (Lipinski definition) is 2. The molecule has 78 valence electrons. The van der Waals surface area contributed by atoms with Gasteiger partial charge in [0.15, 0.2) is 0 Å². The third-order valence-electron chi connectivity index (χ3n) is 1.76. The minimum Gasteiger partial charge on any atom is -0.384 e. The molecule has 0 aliphatic carbocycles. The van der Waals surface area contributed by atoms with E-state index in [1.807, 2.05) is 31.2 Å². The zero-order chi connectivity index (χ0) is 11.1. The van der Waals surface area contributed by atoms with Gasteiger partial charge in [0.2, 0.25) is 0 Å². The normalized spacial score (nSPS) is 11.7. The first-order valence-corrected chi connectivity index (χ1v) is 4.70. The van der Waals surface area contributed by atoms with E-state index in [0.717, 1.165) is 11.4 Å². The molecule has 0 aliphatic rings. The average Bonchev–Trinajstić information content (AvgIpc) is 2.24. The Bertz CT molecular complexity index is 392. The third-order valence-corrected chi connectivity index (χ3v) is 1.76. The van der Waals surface area contributed by atoms with Crippen molar-refractivity contribution in [3.8, 4) is 0 Å². The van der Waals surface area contributed by atoms with Crippen molar-refractivity contribution in [1.29, 1.82) is 0 Å². The summed E-state index contributed by atoms with van der Waals surface area (Å²) in [6.07, 6.45) is 9.23. The highest BCUT2D eigenvalue weighted by atomic mass is 14.9. The van der Waals surface area contributed by atoms with Crippen LogP contribution >= 0.6 is 0 Å². The van der Waals surface area contributed by atoms with E-state index in [1.54, 1.807) is 18.3 Å². The summed E-state index contributed by atoms with van der Waals surface area (Å²) in [5.41, 5.74) is 7.38. The maximum Gasteiger partial charge on any atom is 0.125 e. The standard InChI is InChI=1S/C12H15N3/c1-3-5-6-10(4-2)15-11-7-8-14-12(13)9-11/h3-9H,2H2,1H3,(H3,13,14,15)/b5-3-,10-6+. The van der Waals surface area contributed by atoms with Gasteiger partial charge < -0.3 is 11.1 Å². The van der Waals surface area contributed by atoms with Crippen LogP contribution in [-0.2, 0) is 0 Å². The zero-order valence-electron chi connectivity index (χ0n) is 8.77. The molecule has 0 aliphatic heterocycles. The van der Waals surface area contributed by atoms with E-state index in [2.05, 4.69) is 16.9 Å². The van der Waals surface area contributed by atoms with Gasteiger partial charge in [-0.25, -0.2) is 4.98 Å². The lowest BCUT2D eigenvalue weighted by Gasteiger charge is -2.06. The van der Waals surface area contributed by atoms with Crippen LogP contribution in [0.3, 0.4) is 0 Å². The molecule has 0 atom stereocenters. The van der Waals surface area contributed by atoms with Gasteiger partial charge in [0, 0.05) is 23.6 Å². The number of nitrogens with two attached hydrogens (primary N) is 1. The van der Waals surface area contributed by atoms with E-state index in [-0.39, 0.29) is 0 Å². The Balaban J connectivity index is 2.79. The Hall–Kier alpha value is -2.03. The third kappa shape index (κ3) is 3.68. The molecule has 0 saturated carbocycles. The van der Waals surface area contributed by atoms with Crippen LogP contribution in [0.2, 0.25) is 0 Å². The van der Waals surface area contributed by atoms with Gasteiger partial charge in [-0.15, -0.1) is 0 Å². The van der Waals surface area contributed by atoms with Crippen molar-refractivity contribution in [2.75, 3.05) is 11.1 Å². The topological polar surface area (TPSA) is 50.9 Å². The Morgan fingerprint density at radius 3 is 3.00 bits per heavy atom. The molecule has 1 heterocycles. The maximum absolute atomic E-state index is 5.57. The van der Waals surface area contributed by atoms with Gasteiger partial charge in [-0.3, -0.25) is 0 Å². The molecule has 1 aromatic heterocycles. The first kappa shape index (κ1) is 11.0. The van der Waals surface area contributed by atoms with Gasteiger partial charge in [-0.2, -0.15) is 0 Å². The van der Waals surface area contributed by atoms with Crippen LogP contribution in [0.5, 0.6) is 0 Å². The lowest BCUT2D eigenvalue weighted by Crippen LogP contribution is -1.98. The molecule has 0 saturated heterocycles. The highest BCUT2D eigenvalue weighted by Gasteiger charge is 1.94. The van der Waals surface area contributed by atoms with Gasteiger partial charge >= 0.3 is 0 Å². The molecule has 0 bridgehead atoms. The molecule has 0 aromatic carbocycles. The summed E-state index contributed by atoms with van der Waals surface area (Å²) >= 11 is 0. The van der Waals surface area contributed by atoms with E-state index in [1.165, 1.54) is 0 Å². The first-order chi connectivity index (χ1) is 7.26.